The number of amides is 1. The van der Waals surface area contributed by atoms with Gasteiger partial charge in [0.2, 0.25) is 5.91 Å². The summed E-state index contributed by atoms with van der Waals surface area (Å²) >= 11 is 0. The Morgan fingerprint density at radius 2 is 2.17 bits per heavy atom. The van der Waals surface area contributed by atoms with E-state index in [1.54, 1.807) is 0 Å². The Kier molecular flexibility index (Phi) is 4.20. The highest BCUT2D eigenvalue weighted by molar-refractivity contribution is 5.94. The van der Waals surface area contributed by atoms with Gasteiger partial charge in [-0.1, -0.05) is 23.3 Å². The van der Waals surface area contributed by atoms with E-state index in [0.717, 1.165) is 18.5 Å². The lowest BCUT2D eigenvalue weighted by Gasteiger charge is -2.22. The van der Waals surface area contributed by atoms with Crippen molar-refractivity contribution in [3.05, 3.63) is 40.3 Å². The van der Waals surface area contributed by atoms with Crippen molar-refractivity contribution >= 4 is 11.6 Å². The van der Waals surface area contributed by atoms with E-state index in [-0.39, 0.29) is 5.91 Å². The molecule has 5 nitrogen and oxygen atoms in total. The third-order valence-electron chi connectivity index (χ3n) is 3.12. The van der Waals surface area contributed by atoms with Crippen molar-refractivity contribution < 1.29 is 4.79 Å². The van der Waals surface area contributed by atoms with Gasteiger partial charge in [-0.05, 0) is 36.4 Å². The van der Waals surface area contributed by atoms with E-state index in [9.17, 15) is 4.79 Å². The van der Waals surface area contributed by atoms with E-state index in [2.05, 4.69) is 16.1 Å². The molecule has 0 atom stereocenters. The number of fused-ring (bicyclic) bond motifs is 1. The maximum atomic E-state index is 12.1. The van der Waals surface area contributed by atoms with Gasteiger partial charge in [0.1, 0.15) is 0 Å². The topological polar surface area (TPSA) is 69.1 Å². The number of azide groups is 1. The quantitative estimate of drug-likeness (QED) is 0.347. The summed E-state index contributed by atoms with van der Waals surface area (Å²) in [5, 5.41) is 3.50. The molecule has 0 N–H and O–H groups in total. The highest BCUT2D eigenvalue weighted by Crippen LogP contribution is 2.26. The minimum atomic E-state index is 0.167. The molecule has 0 saturated carbocycles. The van der Waals surface area contributed by atoms with Gasteiger partial charge in [0.25, 0.3) is 0 Å². The average molecular weight is 244 g/mol. The maximum Gasteiger partial charge on any atom is 0.226 e. The van der Waals surface area contributed by atoms with Gasteiger partial charge in [0, 0.05) is 30.1 Å². The lowest BCUT2D eigenvalue weighted by atomic mass is 10.1. The molecular formula is C13H16N4O. The molecule has 0 spiro atoms. The summed E-state index contributed by atoms with van der Waals surface area (Å²) in [6, 6.07) is 8.03. The second-order valence-corrected chi connectivity index (χ2v) is 4.34. The molecule has 0 radical (unpaired) electrons. The second-order valence-electron chi connectivity index (χ2n) is 4.34. The van der Waals surface area contributed by atoms with E-state index in [1.165, 1.54) is 5.56 Å². The van der Waals surface area contributed by atoms with Crippen LogP contribution in [-0.2, 0) is 11.2 Å². The predicted molar refractivity (Wildman–Crippen MR) is 70.4 cm³/mol. The van der Waals surface area contributed by atoms with Crippen LogP contribution in [0.4, 0.5) is 5.69 Å². The number of hydrogen-bond donors (Lipinski definition) is 0. The van der Waals surface area contributed by atoms with E-state index < -0.39 is 0 Å². The third kappa shape index (κ3) is 2.81. The van der Waals surface area contributed by atoms with Crippen LogP contribution in [0.25, 0.3) is 10.4 Å². The summed E-state index contributed by atoms with van der Waals surface area (Å²) in [4.78, 5) is 16.6. The number of nitrogens with zero attached hydrogens (tertiary/aromatic N) is 4. The number of anilines is 1. The molecule has 1 aromatic rings. The number of benzene rings is 1. The molecule has 1 aromatic carbocycles. The van der Waals surface area contributed by atoms with Gasteiger partial charge >= 0.3 is 0 Å². The molecule has 5 heteroatoms. The van der Waals surface area contributed by atoms with Crippen LogP contribution >= 0.6 is 0 Å². The Morgan fingerprint density at radius 1 is 1.33 bits per heavy atom. The molecule has 0 fully saturated rings. The summed E-state index contributed by atoms with van der Waals surface area (Å²) in [5.41, 5.74) is 10.5. The van der Waals surface area contributed by atoms with Gasteiger partial charge in [0.05, 0.1) is 0 Å². The summed E-state index contributed by atoms with van der Waals surface area (Å²) < 4.78 is 0. The Morgan fingerprint density at radius 3 is 3.00 bits per heavy atom. The fourth-order valence-electron chi connectivity index (χ4n) is 2.27. The molecule has 0 saturated heterocycles. The van der Waals surface area contributed by atoms with Gasteiger partial charge in [-0.3, -0.25) is 4.79 Å². The molecule has 0 aromatic heterocycles. The van der Waals surface area contributed by atoms with Crippen molar-refractivity contribution in [2.24, 2.45) is 5.11 Å². The Hall–Kier alpha value is -2.00. The fourth-order valence-corrected chi connectivity index (χ4v) is 2.27. The smallest absolute Gasteiger partial charge is 0.226 e. The Labute approximate surface area is 106 Å². The minimum Gasteiger partial charge on any atom is -0.312 e. The Bertz CT molecular complexity index is 480. The van der Waals surface area contributed by atoms with Crippen molar-refractivity contribution in [1.29, 1.82) is 0 Å². The molecule has 2 rings (SSSR count). The van der Waals surface area contributed by atoms with Gasteiger partial charge in [-0.2, -0.15) is 0 Å². The van der Waals surface area contributed by atoms with E-state index >= 15 is 0 Å². The monoisotopic (exact) mass is 244 g/mol. The first kappa shape index (κ1) is 12.5. The number of rotatable bonds is 4. The number of hydrogen-bond acceptors (Lipinski definition) is 2. The third-order valence-corrected chi connectivity index (χ3v) is 3.12. The molecule has 0 unspecified atom stereocenters. The molecule has 1 aliphatic rings. The van der Waals surface area contributed by atoms with E-state index in [4.69, 9.17) is 5.53 Å². The molecule has 0 bridgehead atoms. The lowest BCUT2D eigenvalue weighted by molar-refractivity contribution is -0.118. The SMILES string of the molecule is [N-]=[N+]=NCCCN1C(=O)CCCc2ccccc21. The zero-order valence-electron chi connectivity index (χ0n) is 10.2. The van der Waals surface area contributed by atoms with Gasteiger partial charge in [0.15, 0.2) is 0 Å². The molecular weight excluding hydrogens is 228 g/mol. The zero-order chi connectivity index (χ0) is 12.8. The largest absolute Gasteiger partial charge is 0.312 e. The van der Waals surface area contributed by atoms with Gasteiger partial charge in [-0.25, -0.2) is 0 Å². The van der Waals surface area contributed by atoms with Crippen LogP contribution < -0.4 is 4.90 Å². The molecule has 18 heavy (non-hydrogen) atoms. The van der Waals surface area contributed by atoms with Crippen LogP contribution in [0.3, 0.4) is 0 Å². The Balaban J connectivity index is 2.15. The highest BCUT2D eigenvalue weighted by atomic mass is 16.2. The summed E-state index contributed by atoms with van der Waals surface area (Å²) in [6.07, 6.45) is 3.15. The summed E-state index contributed by atoms with van der Waals surface area (Å²) in [7, 11) is 0. The van der Waals surface area contributed by atoms with Crippen molar-refractivity contribution in [2.45, 2.75) is 25.7 Å². The van der Waals surface area contributed by atoms with Crippen molar-refractivity contribution in [3.8, 4) is 0 Å². The number of carbonyl (C=O) groups excluding carboxylic acids is 1. The highest BCUT2D eigenvalue weighted by Gasteiger charge is 2.20. The van der Waals surface area contributed by atoms with Gasteiger partial charge in [-0.15, -0.1) is 0 Å². The first-order chi connectivity index (χ1) is 8.83. The van der Waals surface area contributed by atoms with E-state index in [0.29, 0.717) is 25.9 Å². The normalized spacial score (nSPS) is 14.7. The number of aryl methyl sites for hydroxylation is 1. The van der Waals surface area contributed by atoms with Crippen LogP contribution in [0, 0.1) is 0 Å². The standard InChI is InChI=1S/C13H16N4O/c14-16-15-9-4-10-17-12-7-2-1-5-11(12)6-3-8-13(17)18/h1-2,5,7H,3-4,6,8-10H2. The van der Waals surface area contributed by atoms with Crippen molar-refractivity contribution in [2.75, 3.05) is 18.0 Å². The summed E-state index contributed by atoms with van der Waals surface area (Å²) in [6.45, 7) is 1.05. The maximum absolute atomic E-state index is 12.1. The van der Waals surface area contributed by atoms with Crippen LogP contribution in [0.15, 0.2) is 29.4 Å². The van der Waals surface area contributed by atoms with Crippen LogP contribution in [0.1, 0.15) is 24.8 Å². The average Bonchev–Trinajstić information content (AvgIpc) is 2.54. The van der Waals surface area contributed by atoms with E-state index in [1.807, 2.05) is 23.1 Å². The minimum absolute atomic E-state index is 0.167. The predicted octanol–water partition coefficient (Wildman–Crippen LogP) is 3.06. The molecule has 0 aliphatic carbocycles. The van der Waals surface area contributed by atoms with Crippen LogP contribution in [0.2, 0.25) is 0 Å². The molecule has 1 aliphatic heterocycles. The lowest BCUT2D eigenvalue weighted by Crippen LogP contribution is -2.31. The second kappa shape index (κ2) is 6.07. The van der Waals surface area contributed by atoms with Crippen molar-refractivity contribution in [3.63, 3.8) is 0 Å². The molecule has 1 heterocycles. The molecule has 1 amide bonds. The van der Waals surface area contributed by atoms with Gasteiger partial charge < -0.3 is 4.90 Å². The van der Waals surface area contributed by atoms with Crippen LogP contribution in [0.5, 0.6) is 0 Å². The first-order valence-corrected chi connectivity index (χ1v) is 6.22. The fraction of sp³-hybridized carbons (Fsp3) is 0.462. The molecule has 94 valence electrons. The van der Waals surface area contributed by atoms with Crippen molar-refractivity contribution in [1.82, 2.24) is 0 Å². The van der Waals surface area contributed by atoms with Crippen LogP contribution in [-0.4, -0.2) is 19.0 Å². The first-order valence-electron chi connectivity index (χ1n) is 6.22. The number of para-hydroxylation sites is 1. The summed E-state index contributed by atoms with van der Waals surface area (Å²) in [5.74, 6) is 0.167. The number of carbonyl (C=O) groups is 1. The zero-order valence-corrected chi connectivity index (χ0v) is 10.2.